The minimum absolute atomic E-state index is 0.123. The Kier molecular flexibility index (Phi) is 6.51. The lowest BCUT2D eigenvalue weighted by molar-refractivity contribution is -0.158. The van der Waals surface area contributed by atoms with E-state index in [1.807, 2.05) is 49.4 Å². The highest BCUT2D eigenvalue weighted by Crippen LogP contribution is 2.33. The molecule has 2 rings (SSSR count). The quantitative estimate of drug-likeness (QED) is 0.532. The van der Waals surface area contributed by atoms with Crippen molar-refractivity contribution in [3.63, 3.8) is 0 Å². The van der Waals surface area contributed by atoms with E-state index in [4.69, 9.17) is 4.74 Å². The molecule has 25 heavy (non-hydrogen) atoms. The predicted octanol–water partition coefficient (Wildman–Crippen LogP) is 4.31. The van der Waals surface area contributed by atoms with Gasteiger partial charge in [-0.05, 0) is 50.7 Å². The monoisotopic (exact) mass is 338 g/mol. The molecule has 3 nitrogen and oxygen atoms in total. The Morgan fingerprint density at radius 3 is 1.88 bits per heavy atom. The molecule has 0 heterocycles. The molecule has 0 N–H and O–H groups in total. The van der Waals surface area contributed by atoms with Crippen molar-refractivity contribution in [3.05, 3.63) is 71.3 Å². The van der Waals surface area contributed by atoms with Crippen LogP contribution in [0.3, 0.4) is 0 Å². The van der Waals surface area contributed by atoms with E-state index in [9.17, 15) is 9.59 Å². The molecule has 0 spiro atoms. The van der Waals surface area contributed by atoms with Crippen molar-refractivity contribution >= 4 is 11.8 Å². The van der Waals surface area contributed by atoms with Gasteiger partial charge >= 0.3 is 5.97 Å². The number of hydrogen-bond donors (Lipinski definition) is 0. The molecular formula is C22H26O3. The fourth-order valence-electron chi connectivity index (χ4n) is 3.14. The largest absolute Gasteiger partial charge is 0.468 e. The fourth-order valence-corrected chi connectivity index (χ4v) is 3.14. The molecule has 2 aromatic rings. The second-order valence-electron chi connectivity index (χ2n) is 6.60. The van der Waals surface area contributed by atoms with Crippen molar-refractivity contribution in [2.24, 2.45) is 5.41 Å². The Labute approximate surface area is 150 Å². The molecule has 0 fully saturated rings. The summed E-state index contributed by atoms with van der Waals surface area (Å²) in [5, 5.41) is 0. The average molecular weight is 338 g/mol. The Hall–Kier alpha value is -2.42. The summed E-state index contributed by atoms with van der Waals surface area (Å²) in [4.78, 5) is 25.0. The number of methoxy groups -OCH3 is 1. The summed E-state index contributed by atoms with van der Waals surface area (Å²) in [5.41, 5.74) is 2.35. The molecule has 0 amide bonds. The van der Waals surface area contributed by atoms with Gasteiger partial charge in [-0.25, -0.2) is 0 Å². The van der Waals surface area contributed by atoms with Crippen molar-refractivity contribution in [2.45, 2.75) is 39.5 Å². The van der Waals surface area contributed by atoms with Gasteiger partial charge in [0.2, 0.25) is 0 Å². The number of carbonyl (C=O) groups is 2. The molecule has 0 saturated carbocycles. The SMILES string of the molecule is COC(=O)C(CCc1ccccc1)(CCc1ccc(C)cc1)C(C)=O. The predicted molar refractivity (Wildman–Crippen MR) is 99.4 cm³/mol. The van der Waals surface area contributed by atoms with E-state index in [2.05, 4.69) is 12.1 Å². The van der Waals surface area contributed by atoms with E-state index in [-0.39, 0.29) is 5.78 Å². The van der Waals surface area contributed by atoms with Gasteiger partial charge in [0, 0.05) is 0 Å². The van der Waals surface area contributed by atoms with Gasteiger partial charge in [-0.2, -0.15) is 0 Å². The summed E-state index contributed by atoms with van der Waals surface area (Å²) >= 11 is 0. The normalized spacial score (nSPS) is 13.1. The minimum atomic E-state index is -1.09. The van der Waals surface area contributed by atoms with Crippen LogP contribution in [0.1, 0.15) is 36.5 Å². The molecule has 1 unspecified atom stereocenters. The van der Waals surface area contributed by atoms with Crippen molar-refractivity contribution < 1.29 is 14.3 Å². The Morgan fingerprint density at radius 2 is 1.40 bits per heavy atom. The van der Waals surface area contributed by atoms with Gasteiger partial charge in [-0.1, -0.05) is 60.2 Å². The maximum atomic E-state index is 12.5. The summed E-state index contributed by atoms with van der Waals surface area (Å²) < 4.78 is 5.01. The number of carbonyl (C=O) groups excluding carboxylic acids is 2. The molecule has 0 bridgehead atoms. The topological polar surface area (TPSA) is 43.4 Å². The lowest BCUT2D eigenvalue weighted by Crippen LogP contribution is -2.40. The number of ether oxygens (including phenoxy) is 1. The maximum absolute atomic E-state index is 12.5. The highest BCUT2D eigenvalue weighted by molar-refractivity contribution is 6.02. The molecule has 0 radical (unpaired) electrons. The third-order valence-electron chi connectivity index (χ3n) is 4.89. The second kappa shape index (κ2) is 8.61. The van der Waals surface area contributed by atoms with Crippen molar-refractivity contribution in [2.75, 3.05) is 7.11 Å². The maximum Gasteiger partial charge on any atom is 0.319 e. The fraction of sp³-hybridized carbons (Fsp3) is 0.364. The van der Waals surface area contributed by atoms with E-state index in [0.717, 1.165) is 11.1 Å². The molecule has 132 valence electrons. The first-order valence-electron chi connectivity index (χ1n) is 8.67. The van der Waals surface area contributed by atoms with Crippen molar-refractivity contribution in [1.82, 2.24) is 0 Å². The lowest BCUT2D eigenvalue weighted by atomic mass is 9.74. The molecular weight excluding hydrogens is 312 g/mol. The summed E-state index contributed by atoms with van der Waals surface area (Å²) in [6, 6.07) is 18.1. The number of benzene rings is 2. The Bertz CT molecular complexity index is 704. The molecule has 0 aromatic heterocycles. The molecule has 3 heteroatoms. The van der Waals surface area contributed by atoms with Gasteiger partial charge < -0.3 is 4.74 Å². The van der Waals surface area contributed by atoms with Crippen LogP contribution in [0.25, 0.3) is 0 Å². The van der Waals surface area contributed by atoms with E-state index >= 15 is 0 Å². The third-order valence-corrected chi connectivity index (χ3v) is 4.89. The molecule has 0 saturated heterocycles. The van der Waals surface area contributed by atoms with E-state index in [0.29, 0.717) is 25.7 Å². The van der Waals surface area contributed by atoms with Crippen LogP contribution in [-0.4, -0.2) is 18.9 Å². The average Bonchev–Trinajstić information content (AvgIpc) is 2.63. The first-order chi connectivity index (χ1) is 12.0. The van der Waals surface area contributed by atoms with Gasteiger partial charge in [-0.15, -0.1) is 0 Å². The van der Waals surface area contributed by atoms with Crippen LogP contribution in [0.15, 0.2) is 54.6 Å². The molecule has 2 aromatic carbocycles. The Balaban J connectivity index is 2.19. The van der Waals surface area contributed by atoms with Crippen LogP contribution in [0.5, 0.6) is 0 Å². The first-order valence-corrected chi connectivity index (χ1v) is 8.67. The summed E-state index contributed by atoms with van der Waals surface area (Å²) in [7, 11) is 1.36. The van der Waals surface area contributed by atoms with Crippen LogP contribution in [0.2, 0.25) is 0 Å². The lowest BCUT2D eigenvalue weighted by Gasteiger charge is -2.28. The number of hydrogen-bond acceptors (Lipinski definition) is 3. The second-order valence-corrected chi connectivity index (χ2v) is 6.60. The van der Waals surface area contributed by atoms with Crippen LogP contribution in [0.4, 0.5) is 0 Å². The summed E-state index contributed by atoms with van der Waals surface area (Å²) in [6.45, 7) is 3.54. The molecule has 0 aliphatic heterocycles. The number of aryl methyl sites for hydroxylation is 3. The minimum Gasteiger partial charge on any atom is -0.468 e. The van der Waals surface area contributed by atoms with Gasteiger partial charge in [0.05, 0.1) is 7.11 Å². The van der Waals surface area contributed by atoms with E-state index in [1.165, 1.54) is 19.6 Å². The highest BCUT2D eigenvalue weighted by Gasteiger charge is 2.43. The van der Waals surface area contributed by atoms with Crippen molar-refractivity contribution in [1.29, 1.82) is 0 Å². The number of rotatable bonds is 8. The van der Waals surface area contributed by atoms with Gasteiger partial charge in [0.15, 0.2) is 0 Å². The van der Waals surface area contributed by atoms with Crippen LogP contribution < -0.4 is 0 Å². The van der Waals surface area contributed by atoms with Crippen molar-refractivity contribution in [3.8, 4) is 0 Å². The van der Waals surface area contributed by atoms with E-state index in [1.54, 1.807) is 0 Å². The summed E-state index contributed by atoms with van der Waals surface area (Å²) in [5.74, 6) is -0.551. The number of ketones is 1. The van der Waals surface area contributed by atoms with Crippen LogP contribution >= 0.6 is 0 Å². The van der Waals surface area contributed by atoms with Gasteiger partial charge in [0.25, 0.3) is 0 Å². The van der Waals surface area contributed by atoms with Gasteiger partial charge in [-0.3, -0.25) is 9.59 Å². The Morgan fingerprint density at radius 1 is 0.880 bits per heavy atom. The zero-order valence-corrected chi connectivity index (χ0v) is 15.2. The molecule has 0 aliphatic carbocycles. The third kappa shape index (κ3) is 4.79. The molecule has 0 aliphatic rings. The summed E-state index contributed by atoms with van der Waals surface area (Å²) in [6.07, 6.45) is 2.27. The number of esters is 1. The van der Waals surface area contributed by atoms with Crippen LogP contribution in [-0.2, 0) is 27.2 Å². The highest BCUT2D eigenvalue weighted by atomic mass is 16.5. The molecule has 1 atom stereocenters. The first kappa shape index (κ1) is 18.9. The van der Waals surface area contributed by atoms with Crippen LogP contribution in [0, 0.1) is 12.3 Å². The smallest absolute Gasteiger partial charge is 0.319 e. The zero-order valence-electron chi connectivity index (χ0n) is 15.2. The van der Waals surface area contributed by atoms with E-state index < -0.39 is 11.4 Å². The zero-order chi connectivity index (χ0) is 18.3. The standard InChI is InChI=1S/C22H26O3/c1-17-9-11-20(12-10-17)14-16-22(18(2)23,21(24)25-3)15-13-19-7-5-4-6-8-19/h4-12H,13-16H2,1-3H3. The van der Waals surface area contributed by atoms with Gasteiger partial charge in [0.1, 0.15) is 11.2 Å². The number of Topliss-reactive ketones (excluding diaryl/α,β-unsaturated/α-hetero) is 1.